The van der Waals surface area contributed by atoms with Gasteiger partial charge >= 0.3 is 0 Å². The van der Waals surface area contributed by atoms with Gasteiger partial charge in [0.1, 0.15) is 5.65 Å². The SMILES string of the molecule is CCN(CCN)N/C(=C(/C)S)c1c[nH]c2ncc(-c3ccccc3)cc12. The second-order valence-electron chi connectivity index (χ2n) is 6.13. The van der Waals surface area contributed by atoms with E-state index in [1.807, 2.05) is 37.5 Å². The second-order valence-corrected chi connectivity index (χ2v) is 6.80. The molecule has 0 bridgehead atoms. The molecule has 26 heavy (non-hydrogen) atoms. The van der Waals surface area contributed by atoms with Crippen molar-refractivity contribution in [1.29, 1.82) is 0 Å². The van der Waals surface area contributed by atoms with E-state index in [1.165, 1.54) is 0 Å². The maximum Gasteiger partial charge on any atom is 0.137 e. The highest BCUT2D eigenvalue weighted by molar-refractivity contribution is 7.84. The van der Waals surface area contributed by atoms with Gasteiger partial charge in [0.05, 0.1) is 5.70 Å². The molecule has 3 rings (SSSR count). The topological polar surface area (TPSA) is 70.0 Å². The molecular formula is C20H25N5S. The lowest BCUT2D eigenvalue weighted by Gasteiger charge is -2.24. The van der Waals surface area contributed by atoms with Gasteiger partial charge in [-0.25, -0.2) is 9.99 Å². The lowest BCUT2D eigenvalue weighted by atomic mass is 10.0. The predicted molar refractivity (Wildman–Crippen MR) is 113 cm³/mol. The van der Waals surface area contributed by atoms with Crippen molar-refractivity contribution in [3.63, 3.8) is 0 Å². The first-order valence-electron chi connectivity index (χ1n) is 8.78. The number of fused-ring (bicyclic) bond motifs is 1. The van der Waals surface area contributed by atoms with Crippen LogP contribution in [0.15, 0.2) is 53.7 Å². The molecule has 3 aromatic rings. The van der Waals surface area contributed by atoms with Gasteiger partial charge in [-0.2, -0.15) is 0 Å². The number of hydrogen-bond acceptors (Lipinski definition) is 5. The van der Waals surface area contributed by atoms with Crippen LogP contribution in [0.1, 0.15) is 19.4 Å². The predicted octanol–water partition coefficient (Wildman–Crippen LogP) is 3.63. The summed E-state index contributed by atoms with van der Waals surface area (Å²) in [5.41, 5.74) is 14.3. The molecule has 0 atom stereocenters. The van der Waals surface area contributed by atoms with Crippen molar-refractivity contribution in [1.82, 2.24) is 20.4 Å². The lowest BCUT2D eigenvalue weighted by molar-refractivity contribution is 0.248. The summed E-state index contributed by atoms with van der Waals surface area (Å²) in [6, 6.07) is 12.4. The standard InChI is InChI=1S/C20H25N5S/c1-3-25(10-9-21)24-19(14(2)26)18-13-23-20-17(18)11-16(12-22-20)15-7-5-4-6-8-15/h4-8,11-13,24,26H,3,9-10,21H2,1-2H3,(H,22,23)/b19-14-. The van der Waals surface area contributed by atoms with Crippen molar-refractivity contribution in [2.45, 2.75) is 13.8 Å². The molecule has 0 amide bonds. The molecule has 0 aliphatic heterocycles. The molecule has 0 unspecified atom stereocenters. The van der Waals surface area contributed by atoms with Gasteiger partial charge in [0.15, 0.2) is 0 Å². The lowest BCUT2D eigenvalue weighted by Crippen LogP contribution is -2.40. The number of thiol groups is 1. The van der Waals surface area contributed by atoms with E-state index in [0.29, 0.717) is 6.54 Å². The molecule has 4 N–H and O–H groups in total. The number of hydrazine groups is 1. The quantitative estimate of drug-likeness (QED) is 0.380. The fourth-order valence-corrected chi connectivity index (χ4v) is 3.11. The van der Waals surface area contributed by atoms with Crippen molar-refractivity contribution < 1.29 is 0 Å². The number of aromatic nitrogens is 2. The Morgan fingerprint density at radius 3 is 2.69 bits per heavy atom. The first-order valence-corrected chi connectivity index (χ1v) is 9.23. The number of nitrogens with two attached hydrogens (primary N) is 1. The van der Waals surface area contributed by atoms with E-state index in [2.05, 4.69) is 58.2 Å². The smallest absolute Gasteiger partial charge is 0.137 e. The Morgan fingerprint density at radius 1 is 1.27 bits per heavy atom. The highest BCUT2D eigenvalue weighted by atomic mass is 32.1. The first kappa shape index (κ1) is 18.5. The Kier molecular flexibility index (Phi) is 5.98. The summed E-state index contributed by atoms with van der Waals surface area (Å²) in [5.74, 6) is 0. The minimum atomic E-state index is 0.591. The summed E-state index contributed by atoms with van der Waals surface area (Å²) < 4.78 is 0. The summed E-state index contributed by atoms with van der Waals surface area (Å²) in [5, 5.41) is 3.15. The van der Waals surface area contributed by atoms with Gasteiger partial charge in [-0.3, -0.25) is 0 Å². The molecule has 0 fully saturated rings. The number of pyridine rings is 1. The minimum absolute atomic E-state index is 0.591. The molecular weight excluding hydrogens is 342 g/mol. The Morgan fingerprint density at radius 2 is 2.04 bits per heavy atom. The monoisotopic (exact) mass is 367 g/mol. The van der Waals surface area contributed by atoms with Crippen molar-refractivity contribution in [2.24, 2.45) is 5.73 Å². The van der Waals surface area contributed by atoms with E-state index >= 15 is 0 Å². The Labute approximate surface area is 159 Å². The molecule has 0 aliphatic rings. The van der Waals surface area contributed by atoms with Crippen LogP contribution in [0.2, 0.25) is 0 Å². The largest absolute Gasteiger partial charge is 0.345 e. The highest BCUT2D eigenvalue weighted by Crippen LogP contribution is 2.29. The van der Waals surface area contributed by atoms with Crippen molar-refractivity contribution >= 4 is 29.4 Å². The van der Waals surface area contributed by atoms with Crippen LogP contribution >= 0.6 is 12.6 Å². The number of hydrogen-bond donors (Lipinski definition) is 4. The van der Waals surface area contributed by atoms with Crippen LogP contribution in [0.5, 0.6) is 0 Å². The number of likely N-dealkylation sites (N-methyl/N-ethyl adjacent to an activating group) is 1. The van der Waals surface area contributed by atoms with Gasteiger partial charge < -0.3 is 16.1 Å². The third-order valence-electron chi connectivity index (χ3n) is 4.32. The number of aromatic amines is 1. The van der Waals surface area contributed by atoms with Crippen molar-refractivity contribution in [3.8, 4) is 11.1 Å². The molecule has 5 nitrogen and oxygen atoms in total. The van der Waals surface area contributed by atoms with Gasteiger partial charge in [-0.1, -0.05) is 37.3 Å². The van der Waals surface area contributed by atoms with Crippen LogP contribution in [-0.2, 0) is 0 Å². The van der Waals surface area contributed by atoms with Gasteiger partial charge in [0.25, 0.3) is 0 Å². The van der Waals surface area contributed by atoms with Gasteiger partial charge in [0.2, 0.25) is 0 Å². The molecule has 0 spiro atoms. The maximum absolute atomic E-state index is 5.72. The molecule has 2 aromatic heterocycles. The molecule has 0 aliphatic carbocycles. The number of rotatable bonds is 7. The Hall–Kier alpha value is -2.28. The van der Waals surface area contributed by atoms with Crippen LogP contribution < -0.4 is 11.2 Å². The Balaban J connectivity index is 2.04. The van der Waals surface area contributed by atoms with Gasteiger partial charge in [-0.15, -0.1) is 12.6 Å². The van der Waals surface area contributed by atoms with Crippen molar-refractivity contribution in [2.75, 3.05) is 19.6 Å². The fraction of sp³-hybridized carbons (Fsp3) is 0.250. The van der Waals surface area contributed by atoms with E-state index in [9.17, 15) is 0 Å². The summed E-state index contributed by atoms with van der Waals surface area (Å²) >= 11 is 4.61. The third-order valence-corrected chi connectivity index (χ3v) is 4.54. The number of nitrogens with one attached hydrogen (secondary N) is 2. The normalized spacial score (nSPS) is 12.5. The van der Waals surface area contributed by atoms with E-state index in [0.717, 1.165) is 51.4 Å². The van der Waals surface area contributed by atoms with Crippen LogP contribution in [0.3, 0.4) is 0 Å². The van der Waals surface area contributed by atoms with Crippen LogP contribution in [0, 0.1) is 0 Å². The van der Waals surface area contributed by atoms with Gasteiger partial charge in [-0.05, 0) is 18.6 Å². The molecule has 0 saturated carbocycles. The average Bonchev–Trinajstić information content (AvgIpc) is 3.08. The highest BCUT2D eigenvalue weighted by Gasteiger charge is 2.14. The van der Waals surface area contributed by atoms with Crippen LogP contribution in [0.25, 0.3) is 27.9 Å². The molecule has 1 aromatic carbocycles. The van der Waals surface area contributed by atoms with E-state index in [1.54, 1.807) is 0 Å². The second kappa shape index (κ2) is 8.40. The van der Waals surface area contributed by atoms with E-state index < -0.39 is 0 Å². The Bertz CT molecular complexity index is 897. The first-order chi connectivity index (χ1) is 12.6. The summed E-state index contributed by atoms with van der Waals surface area (Å²) in [6.45, 7) is 6.27. The van der Waals surface area contributed by atoms with Gasteiger partial charge in [0, 0.05) is 53.4 Å². The number of benzene rings is 1. The molecule has 0 radical (unpaired) electrons. The minimum Gasteiger partial charge on any atom is -0.345 e. The van der Waals surface area contributed by atoms with Crippen molar-refractivity contribution in [3.05, 3.63) is 59.3 Å². The molecule has 136 valence electrons. The zero-order valence-corrected chi connectivity index (χ0v) is 16.1. The third kappa shape index (κ3) is 3.93. The number of allylic oxidation sites excluding steroid dienone is 1. The van der Waals surface area contributed by atoms with Crippen LogP contribution in [-0.4, -0.2) is 34.6 Å². The molecule has 6 heteroatoms. The zero-order valence-electron chi connectivity index (χ0n) is 15.2. The van der Waals surface area contributed by atoms with E-state index in [4.69, 9.17) is 5.73 Å². The summed E-state index contributed by atoms with van der Waals surface area (Å²) in [7, 11) is 0. The average molecular weight is 368 g/mol. The number of H-pyrrole nitrogens is 1. The van der Waals surface area contributed by atoms with Crippen LogP contribution in [0.4, 0.5) is 0 Å². The number of nitrogens with zero attached hydrogens (tertiary/aromatic N) is 2. The molecule has 2 heterocycles. The van der Waals surface area contributed by atoms with E-state index in [-0.39, 0.29) is 0 Å². The molecule has 0 saturated heterocycles. The summed E-state index contributed by atoms with van der Waals surface area (Å²) in [4.78, 5) is 8.76. The summed E-state index contributed by atoms with van der Waals surface area (Å²) in [6.07, 6.45) is 3.87. The maximum atomic E-state index is 5.72. The fourth-order valence-electron chi connectivity index (χ4n) is 2.94. The zero-order chi connectivity index (χ0) is 18.5.